The third-order valence-corrected chi connectivity index (χ3v) is 2.78. The van der Waals surface area contributed by atoms with Crippen molar-refractivity contribution in [1.82, 2.24) is 9.78 Å². The number of hydrogen-bond acceptors (Lipinski definition) is 2. The smallest absolute Gasteiger partial charge is 0.0834 e. The van der Waals surface area contributed by atoms with Gasteiger partial charge < -0.3 is 5.73 Å². The minimum Gasteiger partial charge on any atom is -0.323 e. The highest BCUT2D eigenvalue weighted by Gasteiger charge is 2.15. The Morgan fingerprint density at radius 3 is 2.80 bits per heavy atom. The lowest BCUT2D eigenvalue weighted by atomic mass is 10.1. The SMILES string of the molecule is CCCCC(N)c1c(Cl)cnn1CCC. The molecule has 0 aliphatic rings. The second-order valence-electron chi connectivity index (χ2n) is 3.85. The summed E-state index contributed by atoms with van der Waals surface area (Å²) in [5, 5.41) is 4.94. The van der Waals surface area contributed by atoms with Gasteiger partial charge in [0.05, 0.1) is 16.9 Å². The maximum Gasteiger partial charge on any atom is 0.0834 e. The van der Waals surface area contributed by atoms with E-state index >= 15 is 0 Å². The molecule has 1 atom stereocenters. The maximum atomic E-state index is 6.11. The molecule has 1 heterocycles. The third-order valence-electron chi connectivity index (χ3n) is 2.49. The Bertz CT molecular complexity index is 296. The molecule has 0 fully saturated rings. The second-order valence-corrected chi connectivity index (χ2v) is 4.26. The van der Waals surface area contributed by atoms with Crippen LogP contribution in [0.2, 0.25) is 5.02 Å². The van der Waals surface area contributed by atoms with Crippen molar-refractivity contribution >= 4 is 11.6 Å². The molecule has 2 N–H and O–H groups in total. The van der Waals surface area contributed by atoms with Crippen molar-refractivity contribution in [2.45, 2.75) is 52.1 Å². The van der Waals surface area contributed by atoms with E-state index in [-0.39, 0.29) is 6.04 Å². The molecule has 86 valence electrons. The first kappa shape index (κ1) is 12.5. The van der Waals surface area contributed by atoms with Crippen LogP contribution >= 0.6 is 11.6 Å². The van der Waals surface area contributed by atoms with Crippen molar-refractivity contribution in [2.24, 2.45) is 5.73 Å². The molecule has 1 unspecified atom stereocenters. The fourth-order valence-corrected chi connectivity index (χ4v) is 1.97. The van der Waals surface area contributed by atoms with E-state index in [1.54, 1.807) is 6.20 Å². The van der Waals surface area contributed by atoms with Gasteiger partial charge in [0, 0.05) is 12.6 Å². The van der Waals surface area contributed by atoms with E-state index < -0.39 is 0 Å². The molecule has 0 aromatic carbocycles. The van der Waals surface area contributed by atoms with E-state index in [0.29, 0.717) is 5.02 Å². The van der Waals surface area contributed by atoms with E-state index in [4.69, 9.17) is 17.3 Å². The van der Waals surface area contributed by atoms with Crippen LogP contribution in [0.3, 0.4) is 0 Å². The van der Waals surface area contributed by atoms with Gasteiger partial charge in [-0.1, -0.05) is 38.3 Å². The average Bonchev–Trinajstić information content (AvgIpc) is 2.57. The lowest BCUT2D eigenvalue weighted by molar-refractivity contribution is 0.511. The Kier molecular flexibility index (Phi) is 5.12. The molecule has 1 aromatic heterocycles. The van der Waals surface area contributed by atoms with E-state index in [1.165, 1.54) is 0 Å². The first-order valence-corrected chi connectivity index (χ1v) is 6.05. The monoisotopic (exact) mass is 229 g/mol. The number of hydrogen-bond donors (Lipinski definition) is 1. The van der Waals surface area contributed by atoms with Gasteiger partial charge in [-0.25, -0.2) is 0 Å². The molecule has 0 aliphatic heterocycles. The molecule has 4 heteroatoms. The molecule has 1 aromatic rings. The molecule has 0 radical (unpaired) electrons. The largest absolute Gasteiger partial charge is 0.323 e. The van der Waals surface area contributed by atoms with E-state index in [2.05, 4.69) is 18.9 Å². The normalized spacial score (nSPS) is 13.1. The average molecular weight is 230 g/mol. The molecule has 1 rings (SSSR count). The lowest BCUT2D eigenvalue weighted by Gasteiger charge is -2.14. The Balaban J connectivity index is 2.75. The van der Waals surface area contributed by atoms with Crippen LogP contribution in [0, 0.1) is 0 Å². The fraction of sp³-hybridized carbons (Fsp3) is 0.727. The highest BCUT2D eigenvalue weighted by molar-refractivity contribution is 6.31. The Hall–Kier alpha value is -0.540. The molecule has 0 saturated carbocycles. The van der Waals surface area contributed by atoms with Gasteiger partial charge in [-0.15, -0.1) is 0 Å². The third kappa shape index (κ3) is 3.21. The highest BCUT2D eigenvalue weighted by atomic mass is 35.5. The molecule has 0 aliphatic carbocycles. The van der Waals surface area contributed by atoms with Crippen LogP contribution in [-0.4, -0.2) is 9.78 Å². The second kappa shape index (κ2) is 6.13. The summed E-state index contributed by atoms with van der Waals surface area (Å²) in [4.78, 5) is 0. The zero-order chi connectivity index (χ0) is 11.3. The summed E-state index contributed by atoms with van der Waals surface area (Å²) in [6, 6.07) is 0.0199. The number of unbranched alkanes of at least 4 members (excludes halogenated alkanes) is 1. The summed E-state index contributed by atoms with van der Waals surface area (Å²) in [5.74, 6) is 0. The summed E-state index contributed by atoms with van der Waals surface area (Å²) in [6.45, 7) is 5.18. The number of rotatable bonds is 6. The van der Waals surface area contributed by atoms with Crippen molar-refractivity contribution in [2.75, 3.05) is 0 Å². The van der Waals surface area contributed by atoms with Crippen LogP contribution in [0.4, 0.5) is 0 Å². The summed E-state index contributed by atoms with van der Waals surface area (Å²) in [6.07, 6.45) is 6.01. The van der Waals surface area contributed by atoms with Gasteiger partial charge in [-0.3, -0.25) is 4.68 Å². The minimum absolute atomic E-state index is 0.0199. The van der Waals surface area contributed by atoms with Gasteiger partial charge in [-0.2, -0.15) is 5.10 Å². The van der Waals surface area contributed by atoms with Crippen LogP contribution in [0.25, 0.3) is 0 Å². The molecule has 0 amide bonds. The Morgan fingerprint density at radius 2 is 2.20 bits per heavy atom. The van der Waals surface area contributed by atoms with Crippen LogP contribution in [0.1, 0.15) is 51.3 Å². The van der Waals surface area contributed by atoms with Crippen molar-refractivity contribution in [3.8, 4) is 0 Å². The highest BCUT2D eigenvalue weighted by Crippen LogP contribution is 2.24. The maximum absolute atomic E-state index is 6.11. The van der Waals surface area contributed by atoms with Gasteiger partial charge >= 0.3 is 0 Å². The molecule has 15 heavy (non-hydrogen) atoms. The van der Waals surface area contributed by atoms with E-state index in [0.717, 1.165) is 37.9 Å². The zero-order valence-electron chi connectivity index (χ0n) is 9.54. The van der Waals surface area contributed by atoms with Gasteiger partial charge in [0.25, 0.3) is 0 Å². The Labute approximate surface area is 96.6 Å². The van der Waals surface area contributed by atoms with Crippen LogP contribution in [0.5, 0.6) is 0 Å². The number of nitrogens with zero attached hydrogens (tertiary/aromatic N) is 2. The van der Waals surface area contributed by atoms with Crippen molar-refractivity contribution in [3.05, 3.63) is 16.9 Å². The molecular formula is C11H20ClN3. The first-order valence-electron chi connectivity index (χ1n) is 5.67. The molecule has 0 spiro atoms. The molecule has 0 bridgehead atoms. The van der Waals surface area contributed by atoms with Crippen molar-refractivity contribution < 1.29 is 0 Å². The van der Waals surface area contributed by atoms with Crippen molar-refractivity contribution in [1.29, 1.82) is 0 Å². The number of aryl methyl sites for hydroxylation is 1. The molecule has 3 nitrogen and oxygen atoms in total. The van der Waals surface area contributed by atoms with Gasteiger partial charge in [0.2, 0.25) is 0 Å². The zero-order valence-corrected chi connectivity index (χ0v) is 10.3. The quantitative estimate of drug-likeness (QED) is 0.815. The number of aromatic nitrogens is 2. The summed E-state index contributed by atoms with van der Waals surface area (Å²) < 4.78 is 1.93. The predicted octanol–water partition coefficient (Wildman–Crippen LogP) is 3.14. The Morgan fingerprint density at radius 1 is 1.47 bits per heavy atom. The van der Waals surface area contributed by atoms with Crippen LogP contribution < -0.4 is 5.73 Å². The predicted molar refractivity (Wildman–Crippen MR) is 64.0 cm³/mol. The number of nitrogens with two attached hydrogens (primary N) is 1. The van der Waals surface area contributed by atoms with Gasteiger partial charge in [-0.05, 0) is 12.8 Å². The summed E-state index contributed by atoms with van der Waals surface area (Å²) in [5.41, 5.74) is 7.10. The van der Waals surface area contributed by atoms with Crippen LogP contribution in [-0.2, 0) is 6.54 Å². The molecular weight excluding hydrogens is 210 g/mol. The van der Waals surface area contributed by atoms with Gasteiger partial charge in [0.15, 0.2) is 0 Å². The first-order chi connectivity index (χ1) is 7.20. The van der Waals surface area contributed by atoms with E-state index in [1.807, 2.05) is 4.68 Å². The topological polar surface area (TPSA) is 43.8 Å². The van der Waals surface area contributed by atoms with Crippen LogP contribution in [0.15, 0.2) is 6.20 Å². The number of halogens is 1. The lowest BCUT2D eigenvalue weighted by Crippen LogP contribution is -2.16. The minimum atomic E-state index is 0.0199. The van der Waals surface area contributed by atoms with Crippen molar-refractivity contribution in [3.63, 3.8) is 0 Å². The standard InChI is InChI=1S/C11H20ClN3/c1-3-5-6-10(13)11-9(12)8-14-15(11)7-4-2/h8,10H,3-7,13H2,1-2H3. The van der Waals surface area contributed by atoms with E-state index in [9.17, 15) is 0 Å². The summed E-state index contributed by atoms with van der Waals surface area (Å²) >= 11 is 6.09. The fourth-order valence-electron chi connectivity index (χ4n) is 1.69. The summed E-state index contributed by atoms with van der Waals surface area (Å²) in [7, 11) is 0. The molecule has 0 saturated heterocycles. The van der Waals surface area contributed by atoms with Gasteiger partial charge in [0.1, 0.15) is 0 Å².